The zero-order valence-electron chi connectivity index (χ0n) is 19.6. The van der Waals surface area contributed by atoms with Crippen LogP contribution in [0.2, 0.25) is 10.0 Å². The summed E-state index contributed by atoms with van der Waals surface area (Å²) in [5.41, 5.74) is 2.23. The van der Waals surface area contributed by atoms with Crippen molar-refractivity contribution in [1.82, 2.24) is 10.6 Å². The molecule has 2 N–H and O–H groups in total. The van der Waals surface area contributed by atoms with Gasteiger partial charge in [-0.05, 0) is 28.8 Å². The molecule has 0 saturated carbocycles. The van der Waals surface area contributed by atoms with Crippen molar-refractivity contribution in [1.29, 1.82) is 0 Å². The number of nitrogens with one attached hydrogen (secondary N) is 2. The lowest BCUT2D eigenvalue weighted by Gasteiger charge is -2.22. The van der Waals surface area contributed by atoms with Crippen LogP contribution in [0.25, 0.3) is 0 Å². The van der Waals surface area contributed by atoms with E-state index in [9.17, 15) is 14.4 Å². The van der Waals surface area contributed by atoms with Crippen LogP contribution in [0.4, 0.5) is 4.79 Å². The molecule has 2 atom stereocenters. The van der Waals surface area contributed by atoms with Gasteiger partial charge in [0, 0.05) is 22.9 Å². The van der Waals surface area contributed by atoms with Crippen LogP contribution in [0.15, 0.2) is 78.9 Å². The first kappa shape index (κ1) is 27.0. The van der Waals surface area contributed by atoms with E-state index < -0.39 is 30.1 Å². The smallest absolute Gasteiger partial charge is 0.408 e. The maximum Gasteiger partial charge on any atom is 0.408 e. The highest BCUT2D eigenvalue weighted by Gasteiger charge is 2.28. The van der Waals surface area contributed by atoms with Crippen LogP contribution in [-0.4, -0.2) is 37.2 Å². The molecule has 0 aliphatic rings. The fourth-order valence-corrected chi connectivity index (χ4v) is 3.97. The van der Waals surface area contributed by atoms with Crippen LogP contribution in [0, 0.1) is 0 Å². The molecule has 0 radical (unpaired) electrons. The lowest BCUT2D eigenvalue weighted by molar-refractivity contribution is -0.145. The molecule has 36 heavy (non-hydrogen) atoms. The number of hydrogen-bond donors (Lipinski definition) is 2. The van der Waals surface area contributed by atoms with E-state index in [1.807, 2.05) is 60.7 Å². The SMILES string of the molecule is COC(=O)[C@@H](Cc1ccc(Cl)cc1Cl)NC(=O)[C@H](Cc1ccccc1)NC(=O)OCc1ccccc1. The summed E-state index contributed by atoms with van der Waals surface area (Å²) in [7, 11) is 1.23. The minimum atomic E-state index is -1.04. The quantitative estimate of drug-likeness (QED) is 0.371. The molecule has 0 aliphatic heterocycles. The molecule has 0 aromatic heterocycles. The Kier molecular flexibility index (Phi) is 10.2. The molecule has 9 heteroatoms. The topological polar surface area (TPSA) is 93.7 Å². The molecule has 3 rings (SSSR count). The number of esters is 1. The number of benzene rings is 3. The molecule has 188 valence electrons. The summed E-state index contributed by atoms with van der Waals surface area (Å²) in [5.74, 6) is -1.23. The second-order valence-corrected chi connectivity index (χ2v) is 8.82. The molecular weight excluding hydrogens is 503 g/mol. The predicted molar refractivity (Wildman–Crippen MR) is 138 cm³/mol. The predicted octanol–water partition coefficient (Wildman–Crippen LogP) is 4.73. The average Bonchev–Trinajstić information content (AvgIpc) is 2.88. The van der Waals surface area contributed by atoms with Crippen LogP contribution < -0.4 is 10.6 Å². The summed E-state index contributed by atoms with van der Waals surface area (Å²) < 4.78 is 10.2. The molecule has 0 unspecified atom stereocenters. The summed E-state index contributed by atoms with van der Waals surface area (Å²) in [6, 6.07) is 21.2. The second kappa shape index (κ2) is 13.5. The molecule has 0 spiro atoms. The van der Waals surface area contributed by atoms with Gasteiger partial charge in [-0.2, -0.15) is 0 Å². The monoisotopic (exact) mass is 528 g/mol. The number of rotatable bonds is 10. The lowest BCUT2D eigenvalue weighted by atomic mass is 10.0. The maximum absolute atomic E-state index is 13.3. The molecular formula is C27H26Cl2N2O5. The Balaban J connectivity index is 1.73. The first-order chi connectivity index (χ1) is 17.4. The molecule has 3 aromatic rings. The molecule has 0 bridgehead atoms. The van der Waals surface area contributed by atoms with E-state index in [2.05, 4.69) is 10.6 Å². The molecule has 3 aromatic carbocycles. The van der Waals surface area contributed by atoms with Crippen molar-refractivity contribution in [3.05, 3.63) is 106 Å². The Hall–Kier alpha value is -3.55. The van der Waals surface area contributed by atoms with E-state index in [1.54, 1.807) is 18.2 Å². The number of hydrogen-bond acceptors (Lipinski definition) is 5. The molecule has 0 fully saturated rings. The van der Waals surface area contributed by atoms with Gasteiger partial charge in [0.2, 0.25) is 5.91 Å². The van der Waals surface area contributed by atoms with Gasteiger partial charge in [0.05, 0.1) is 7.11 Å². The summed E-state index contributed by atoms with van der Waals surface area (Å²) in [6.07, 6.45) is -0.501. The number of halogens is 2. The second-order valence-electron chi connectivity index (χ2n) is 7.97. The van der Waals surface area contributed by atoms with E-state index >= 15 is 0 Å². The van der Waals surface area contributed by atoms with E-state index in [0.717, 1.165) is 11.1 Å². The molecule has 7 nitrogen and oxygen atoms in total. The first-order valence-corrected chi connectivity index (χ1v) is 11.9. The number of methoxy groups -OCH3 is 1. The number of alkyl carbamates (subject to hydrolysis) is 1. The number of amides is 2. The zero-order valence-corrected chi connectivity index (χ0v) is 21.1. The maximum atomic E-state index is 13.3. The number of carbonyl (C=O) groups is 3. The first-order valence-electron chi connectivity index (χ1n) is 11.2. The van der Waals surface area contributed by atoms with Crippen molar-refractivity contribution < 1.29 is 23.9 Å². The number of ether oxygens (including phenoxy) is 2. The van der Waals surface area contributed by atoms with Crippen LogP contribution in [0.3, 0.4) is 0 Å². The third kappa shape index (κ3) is 8.29. The van der Waals surface area contributed by atoms with Crippen molar-refractivity contribution in [3.8, 4) is 0 Å². The Morgan fingerprint density at radius 1 is 0.806 bits per heavy atom. The highest BCUT2D eigenvalue weighted by molar-refractivity contribution is 6.35. The van der Waals surface area contributed by atoms with Crippen LogP contribution in [-0.2, 0) is 38.5 Å². The highest BCUT2D eigenvalue weighted by Crippen LogP contribution is 2.22. The van der Waals surface area contributed by atoms with Gasteiger partial charge in [-0.25, -0.2) is 9.59 Å². The van der Waals surface area contributed by atoms with E-state index in [1.165, 1.54) is 7.11 Å². The normalized spacial score (nSPS) is 12.2. The van der Waals surface area contributed by atoms with Gasteiger partial charge in [0.25, 0.3) is 0 Å². The summed E-state index contributed by atoms with van der Waals surface area (Å²) in [4.78, 5) is 38.3. The highest BCUT2D eigenvalue weighted by atomic mass is 35.5. The largest absolute Gasteiger partial charge is 0.467 e. The van der Waals surface area contributed by atoms with E-state index in [-0.39, 0.29) is 19.4 Å². The Morgan fingerprint density at radius 2 is 1.44 bits per heavy atom. The average molecular weight is 529 g/mol. The Labute approximate surface area is 219 Å². The van der Waals surface area contributed by atoms with Crippen LogP contribution in [0.1, 0.15) is 16.7 Å². The van der Waals surface area contributed by atoms with Gasteiger partial charge in [-0.1, -0.05) is 89.9 Å². The summed E-state index contributed by atoms with van der Waals surface area (Å²) >= 11 is 12.2. The standard InChI is InChI=1S/C27H26Cl2N2O5/c1-35-26(33)24(15-20-12-13-21(28)16-22(20)29)30-25(32)23(14-18-8-4-2-5-9-18)31-27(34)36-17-19-10-6-3-7-11-19/h2-13,16,23-24H,14-15,17H2,1H3,(H,30,32)(H,31,34)/t23-,24+/m0/s1. The minimum Gasteiger partial charge on any atom is -0.467 e. The Morgan fingerprint density at radius 3 is 2.06 bits per heavy atom. The molecule has 0 aliphatic carbocycles. The van der Waals surface area contributed by atoms with Crippen molar-refractivity contribution in [2.45, 2.75) is 31.5 Å². The minimum absolute atomic E-state index is 0.0478. The zero-order chi connectivity index (χ0) is 25.9. The van der Waals surface area contributed by atoms with Crippen molar-refractivity contribution in [2.24, 2.45) is 0 Å². The molecule has 2 amide bonds. The van der Waals surface area contributed by atoms with Gasteiger partial charge in [0.1, 0.15) is 18.7 Å². The van der Waals surface area contributed by atoms with Gasteiger partial charge >= 0.3 is 12.1 Å². The van der Waals surface area contributed by atoms with Gasteiger partial charge < -0.3 is 20.1 Å². The van der Waals surface area contributed by atoms with Crippen molar-refractivity contribution in [2.75, 3.05) is 7.11 Å². The van der Waals surface area contributed by atoms with Gasteiger partial charge in [-0.3, -0.25) is 4.79 Å². The fraction of sp³-hybridized carbons (Fsp3) is 0.222. The molecule has 0 heterocycles. The third-order valence-corrected chi connectivity index (χ3v) is 5.93. The fourth-order valence-electron chi connectivity index (χ4n) is 3.48. The van der Waals surface area contributed by atoms with Crippen molar-refractivity contribution in [3.63, 3.8) is 0 Å². The summed E-state index contributed by atoms with van der Waals surface area (Å²) in [6.45, 7) is 0.0478. The van der Waals surface area contributed by atoms with E-state index in [0.29, 0.717) is 15.6 Å². The summed E-state index contributed by atoms with van der Waals surface area (Å²) in [5, 5.41) is 6.10. The third-order valence-electron chi connectivity index (χ3n) is 5.35. The Bertz CT molecular complexity index is 1180. The van der Waals surface area contributed by atoms with Crippen LogP contribution in [0.5, 0.6) is 0 Å². The van der Waals surface area contributed by atoms with Gasteiger partial charge in [0.15, 0.2) is 0 Å². The van der Waals surface area contributed by atoms with Crippen molar-refractivity contribution >= 4 is 41.2 Å². The van der Waals surface area contributed by atoms with Crippen LogP contribution >= 0.6 is 23.2 Å². The lowest BCUT2D eigenvalue weighted by Crippen LogP contribution is -2.53. The molecule has 0 saturated heterocycles. The number of carbonyl (C=O) groups excluding carboxylic acids is 3. The van der Waals surface area contributed by atoms with E-state index in [4.69, 9.17) is 32.7 Å². The van der Waals surface area contributed by atoms with Gasteiger partial charge in [-0.15, -0.1) is 0 Å².